The predicted molar refractivity (Wildman–Crippen MR) is 150 cm³/mol. The molecule has 0 aliphatic carbocycles. The van der Waals surface area contributed by atoms with Gasteiger partial charge >= 0.3 is 0 Å². The van der Waals surface area contributed by atoms with Crippen molar-refractivity contribution in [1.82, 2.24) is 29.6 Å². The third-order valence-electron chi connectivity index (χ3n) is 6.57. The summed E-state index contributed by atoms with van der Waals surface area (Å²) in [4.78, 5) is 33.5. The molecule has 1 amide bonds. The van der Waals surface area contributed by atoms with Crippen LogP contribution in [0.5, 0.6) is 11.6 Å². The first-order chi connectivity index (χ1) is 18.5. The minimum Gasteiger partial charge on any atom is -0.438 e. The average Bonchev–Trinajstić information content (AvgIpc) is 3.47. The Morgan fingerprint density at radius 2 is 1.90 bits per heavy atom. The highest BCUT2D eigenvalue weighted by atomic mass is 16.5. The summed E-state index contributed by atoms with van der Waals surface area (Å²) < 4.78 is 9.65. The molecule has 202 valence electrons. The number of pyridine rings is 2. The smallest absolute Gasteiger partial charge is 0.274 e. The van der Waals surface area contributed by atoms with Gasteiger partial charge in [0.25, 0.3) is 11.5 Å². The van der Waals surface area contributed by atoms with Gasteiger partial charge in [-0.3, -0.25) is 14.3 Å². The molecule has 3 N–H and O–H groups in total. The third kappa shape index (κ3) is 4.90. The fourth-order valence-electron chi connectivity index (χ4n) is 4.73. The van der Waals surface area contributed by atoms with E-state index in [9.17, 15) is 14.7 Å². The number of hydrogen-bond donors (Lipinski definition) is 3. The van der Waals surface area contributed by atoms with E-state index in [0.29, 0.717) is 51.2 Å². The second-order valence-corrected chi connectivity index (χ2v) is 10.5. The van der Waals surface area contributed by atoms with Crippen LogP contribution in [0.4, 0.5) is 0 Å². The molecule has 5 rings (SSSR count). The summed E-state index contributed by atoms with van der Waals surface area (Å²) >= 11 is 0. The summed E-state index contributed by atoms with van der Waals surface area (Å²) in [7, 11) is 1.66. The van der Waals surface area contributed by atoms with Crippen LogP contribution in [0.2, 0.25) is 0 Å². The molecular weight excluding hydrogens is 496 g/mol. The number of hydrogen-bond acceptors (Lipinski definition) is 6. The zero-order valence-corrected chi connectivity index (χ0v) is 22.9. The van der Waals surface area contributed by atoms with Gasteiger partial charge < -0.3 is 24.7 Å². The first-order valence-electron chi connectivity index (χ1n) is 12.8. The number of amides is 1. The number of benzene rings is 1. The van der Waals surface area contributed by atoms with Gasteiger partial charge in [0.1, 0.15) is 22.5 Å². The molecule has 0 saturated carbocycles. The molecule has 10 nitrogen and oxygen atoms in total. The first kappa shape index (κ1) is 26.2. The number of carbonyl (C=O) groups is 1. The number of aromatic nitrogens is 5. The largest absolute Gasteiger partial charge is 0.438 e. The van der Waals surface area contributed by atoms with Gasteiger partial charge in [0.05, 0.1) is 23.9 Å². The molecule has 0 atom stereocenters. The summed E-state index contributed by atoms with van der Waals surface area (Å²) in [5.41, 5.74) is 3.80. The monoisotopic (exact) mass is 528 g/mol. The third-order valence-corrected chi connectivity index (χ3v) is 6.57. The van der Waals surface area contributed by atoms with Crippen molar-refractivity contribution in [3.05, 3.63) is 69.9 Å². The molecule has 39 heavy (non-hydrogen) atoms. The van der Waals surface area contributed by atoms with Gasteiger partial charge in [-0.25, -0.2) is 4.98 Å². The minimum absolute atomic E-state index is 0.253. The first-order valence-corrected chi connectivity index (χ1v) is 12.8. The molecule has 1 aromatic carbocycles. The van der Waals surface area contributed by atoms with Gasteiger partial charge in [-0.15, -0.1) is 0 Å². The zero-order chi connectivity index (χ0) is 28.1. The Kier molecular flexibility index (Phi) is 6.51. The van der Waals surface area contributed by atoms with E-state index in [1.54, 1.807) is 44.0 Å². The number of nitrogens with one attached hydrogen (secondary N) is 2. The molecule has 0 aliphatic rings. The average molecular weight is 529 g/mol. The van der Waals surface area contributed by atoms with Gasteiger partial charge in [0, 0.05) is 36.3 Å². The van der Waals surface area contributed by atoms with Crippen LogP contribution in [-0.4, -0.2) is 47.5 Å². The number of aliphatic hydroxyl groups is 1. The van der Waals surface area contributed by atoms with E-state index >= 15 is 0 Å². The molecule has 0 saturated heterocycles. The number of H-pyrrole nitrogens is 1. The van der Waals surface area contributed by atoms with E-state index in [1.165, 1.54) is 4.57 Å². The minimum atomic E-state index is -1.00. The van der Waals surface area contributed by atoms with E-state index < -0.39 is 5.60 Å². The number of fused-ring (bicyclic) bond motifs is 2. The lowest BCUT2D eigenvalue weighted by Crippen LogP contribution is -2.26. The molecule has 0 unspecified atom stereocenters. The van der Waals surface area contributed by atoms with Crippen LogP contribution in [0.15, 0.2) is 47.5 Å². The second-order valence-electron chi connectivity index (χ2n) is 10.5. The number of nitrogens with zero attached hydrogens (tertiary/aromatic N) is 4. The van der Waals surface area contributed by atoms with Crippen molar-refractivity contribution in [2.24, 2.45) is 7.05 Å². The lowest BCUT2D eigenvalue weighted by Gasteiger charge is -2.18. The lowest BCUT2D eigenvalue weighted by atomic mass is 10.0. The fraction of sp³-hybridized carbons (Fsp3) is 0.310. The lowest BCUT2D eigenvalue weighted by molar-refractivity contribution is 0.0591. The van der Waals surface area contributed by atoms with Crippen molar-refractivity contribution in [3.63, 3.8) is 0 Å². The Bertz CT molecular complexity index is 1770. The van der Waals surface area contributed by atoms with Crippen molar-refractivity contribution in [3.8, 4) is 22.8 Å². The van der Waals surface area contributed by atoms with E-state index in [4.69, 9.17) is 9.72 Å². The molecule has 0 fully saturated rings. The molecule has 10 heteroatoms. The normalized spacial score (nSPS) is 11.9. The Morgan fingerprint density at radius 1 is 1.18 bits per heavy atom. The molecule has 0 aliphatic heterocycles. The summed E-state index contributed by atoms with van der Waals surface area (Å²) in [6, 6.07) is 9.49. The molecule has 4 heterocycles. The standard InChI is InChI=1S/C29H32N6O4/c1-7-30-26(36)21-11-18-20(14-34(6)28(37)24(18)32-21)19-12-23-22(13-31-35(23)15-29(4,5)38)33-27(19)39-25-16(2)9-8-10-17(25)3/h8-14,32,38H,7,15H2,1-6H3,(H,30,36). The highest BCUT2D eigenvalue weighted by Gasteiger charge is 2.23. The van der Waals surface area contributed by atoms with Crippen LogP contribution in [0.3, 0.4) is 0 Å². The van der Waals surface area contributed by atoms with Crippen LogP contribution in [0.25, 0.3) is 33.1 Å². The van der Waals surface area contributed by atoms with Gasteiger partial charge in [0.2, 0.25) is 5.88 Å². The molecule has 0 radical (unpaired) electrons. The molecule has 0 spiro atoms. The fourth-order valence-corrected chi connectivity index (χ4v) is 4.73. The number of rotatable bonds is 7. The van der Waals surface area contributed by atoms with Crippen LogP contribution in [0.1, 0.15) is 42.4 Å². The Balaban J connectivity index is 1.80. The number of para-hydroxylation sites is 1. The number of aryl methyl sites for hydroxylation is 3. The van der Waals surface area contributed by atoms with Crippen molar-refractivity contribution in [2.45, 2.75) is 46.8 Å². The highest BCUT2D eigenvalue weighted by Crippen LogP contribution is 2.39. The molecule has 0 bridgehead atoms. The van der Waals surface area contributed by atoms with Gasteiger partial charge in [0.15, 0.2) is 0 Å². The van der Waals surface area contributed by atoms with E-state index in [-0.39, 0.29) is 23.7 Å². The van der Waals surface area contributed by atoms with Gasteiger partial charge in [-0.05, 0) is 57.9 Å². The number of ether oxygens (including phenoxy) is 1. The summed E-state index contributed by atoms with van der Waals surface area (Å²) in [5, 5.41) is 18.3. The van der Waals surface area contributed by atoms with Crippen LogP contribution < -0.4 is 15.6 Å². The Labute approximate surface area is 225 Å². The quantitative estimate of drug-likeness (QED) is 0.290. The van der Waals surface area contributed by atoms with Crippen molar-refractivity contribution < 1.29 is 14.6 Å². The molecule has 4 aromatic heterocycles. The van der Waals surface area contributed by atoms with Crippen molar-refractivity contribution in [2.75, 3.05) is 6.54 Å². The number of carbonyl (C=O) groups excluding carboxylic acids is 1. The SMILES string of the molecule is CCNC(=O)c1cc2c(-c3cc4c(cnn4CC(C)(C)O)nc3Oc3c(C)cccc3C)cn(C)c(=O)c2[nH]1. The summed E-state index contributed by atoms with van der Waals surface area (Å²) in [5.74, 6) is 0.724. The highest BCUT2D eigenvalue weighted by molar-refractivity contribution is 6.03. The second kappa shape index (κ2) is 9.70. The number of aromatic amines is 1. The van der Waals surface area contributed by atoms with E-state index in [1.807, 2.05) is 45.0 Å². The van der Waals surface area contributed by atoms with Gasteiger partial charge in [-0.1, -0.05) is 18.2 Å². The summed E-state index contributed by atoms with van der Waals surface area (Å²) in [6.07, 6.45) is 3.36. The van der Waals surface area contributed by atoms with E-state index in [0.717, 1.165) is 11.1 Å². The van der Waals surface area contributed by atoms with E-state index in [2.05, 4.69) is 15.4 Å². The predicted octanol–water partition coefficient (Wildman–Crippen LogP) is 4.21. The summed E-state index contributed by atoms with van der Waals surface area (Å²) in [6.45, 7) is 9.91. The maximum absolute atomic E-state index is 13.1. The van der Waals surface area contributed by atoms with Crippen LogP contribution in [0, 0.1) is 13.8 Å². The van der Waals surface area contributed by atoms with Crippen molar-refractivity contribution >= 4 is 27.8 Å². The van der Waals surface area contributed by atoms with Crippen LogP contribution in [-0.2, 0) is 13.6 Å². The molecular formula is C29H32N6O4. The van der Waals surface area contributed by atoms with Gasteiger partial charge in [-0.2, -0.15) is 5.10 Å². The Morgan fingerprint density at radius 3 is 2.56 bits per heavy atom. The Hall–Kier alpha value is -4.44. The molecule has 5 aromatic rings. The maximum atomic E-state index is 13.1. The maximum Gasteiger partial charge on any atom is 0.274 e. The van der Waals surface area contributed by atoms with Crippen LogP contribution >= 0.6 is 0 Å². The zero-order valence-electron chi connectivity index (χ0n) is 22.9. The topological polar surface area (TPSA) is 127 Å². The van der Waals surface area contributed by atoms with Crippen molar-refractivity contribution in [1.29, 1.82) is 0 Å².